The van der Waals surface area contributed by atoms with Crippen LogP contribution < -0.4 is 5.56 Å². The van der Waals surface area contributed by atoms with Crippen LogP contribution in [0.5, 0.6) is 0 Å². The van der Waals surface area contributed by atoms with E-state index in [2.05, 4.69) is 0 Å². The molecular formula is C14H12FNO3. The molecule has 0 aliphatic carbocycles. The highest BCUT2D eigenvalue weighted by Gasteiger charge is 2.06. The van der Waals surface area contributed by atoms with Crippen molar-refractivity contribution in [2.75, 3.05) is 0 Å². The Bertz CT molecular complexity index is 691. The van der Waals surface area contributed by atoms with Crippen molar-refractivity contribution in [3.8, 4) is 0 Å². The van der Waals surface area contributed by atoms with Gasteiger partial charge < -0.3 is 9.67 Å². The summed E-state index contributed by atoms with van der Waals surface area (Å²) in [6.07, 6.45) is 1.43. The molecule has 0 atom stereocenters. The molecule has 1 N–H and O–H groups in total. The van der Waals surface area contributed by atoms with Gasteiger partial charge in [0, 0.05) is 12.3 Å². The number of aryl methyl sites for hydroxylation is 1. The molecule has 0 fully saturated rings. The van der Waals surface area contributed by atoms with E-state index in [4.69, 9.17) is 5.11 Å². The van der Waals surface area contributed by atoms with Gasteiger partial charge >= 0.3 is 5.97 Å². The van der Waals surface area contributed by atoms with Gasteiger partial charge in [-0.05, 0) is 36.2 Å². The Morgan fingerprint density at radius 2 is 2.05 bits per heavy atom. The zero-order chi connectivity index (χ0) is 14.0. The van der Waals surface area contributed by atoms with Crippen LogP contribution >= 0.6 is 0 Å². The molecule has 0 aliphatic rings. The topological polar surface area (TPSA) is 59.3 Å². The van der Waals surface area contributed by atoms with Crippen LogP contribution in [-0.2, 0) is 6.54 Å². The summed E-state index contributed by atoms with van der Waals surface area (Å²) in [5.41, 5.74) is 1.11. The number of carbonyl (C=O) groups is 1. The van der Waals surface area contributed by atoms with E-state index in [9.17, 15) is 14.0 Å². The van der Waals surface area contributed by atoms with E-state index in [0.717, 1.165) is 17.2 Å². The molecule has 5 heteroatoms. The number of carboxylic acids is 1. The van der Waals surface area contributed by atoms with Gasteiger partial charge in [0.2, 0.25) is 0 Å². The number of hydrogen-bond acceptors (Lipinski definition) is 2. The van der Waals surface area contributed by atoms with Gasteiger partial charge in [0.1, 0.15) is 5.82 Å². The van der Waals surface area contributed by atoms with Crippen molar-refractivity contribution >= 4 is 5.97 Å². The Balaban J connectivity index is 2.34. The Kier molecular flexibility index (Phi) is 3.46. The molecule has 2 rings (SSSR count). The van der Waals surface area contributed by atoms with Crippen LogP contribution in [0.4, 0.5) is 4.39 Å². The zero-order valence-electron chi connectivity index (χ0n) is 10.3. The molecule has 0 aliphatic heterocycles. The molecule has 2 aromatic rings. The third-order valence-electron chi connectivity index (χ3n) is 2.89. The van der Waals surface area contributed by atoms with Crippen molar-refractivity contribution in [1.82, 2.24) is 4.57 Å². The zero-order valence-corrected chi connectivity index (χ0v) is 10.3. The lowest BCUT2D eigenvalue weighted by Gasteiger charge is -2.09. The minimum Gasteiger partial charge on any atom is -0.478 e. The molecule has 0 spiro atoms. The van der Waals surface area contributed by atoms with Crippen LogP contribution in [0.25, 0.3) is 0 Å². The Morgan fingerprint density at radius 1 is 1.32 bits per heavy atom. The van der Waals surface area contributed by atoms with Crippen molar-refractivity contribution in [3.05, 3.63) is 69.4 Å². The van der Waals surface area contributed by atoms with Gasteiger partial charge in [-0.15, -0.1) is 0 Å². The Labute approximate surface area is 108 Å². The maximum Gasteiger partial charge on any atom is 0.335 e. The molecule has 4 nitrogen and oxygen atoms in total. The van der Waals surface area contributed by atoms with Crippen molar-refractivity contribution in [3.63, 3.8) is 0 Å². The van der Waals surface area contributed by atoms with Crippen LogP contribution in [0.2, 0.25) is 0 Å². The first-order valence-electron chi connectivity index (χ1n) is 5.66. The monoisotopic (exact) mass is 261 g/mol. The predicted molar refractivity (Wildman–Crippen MR) is 67.9 cm³/mol. The van der Waals surface area contributed by atoms with Gasteiger partial charge in [-0.1, -0.05) is 6.07 Å². The van der Waals surface area contributed by atoms with Crippen LogP contribution in [0, 0.1) is 12.7 Å². The second-order valence-corrected chi connectivity index (χ2v) is 4.26. The van der Waals surface area contributed by atoms with Gasteiger partial charge in [0.25, 0.3) is 5.56 Å². The largest absolute Gasteiger partial charge is 0.478 e. The maximum absolute atomic E-state index is 13.0. The Hall–Kier alpha value is -2.43. The number of halogens is 1. The summed E-state index contributed by atoms with van der Waals surface area (Å²) in [7, 11) is 0. The van der Waals surface area contributed by atoms with Gasteiger partial charge in [0.15, 0.2) is 0 Å². The molecule has 0 radical (unpaired) electrons. The lowest BCUT2D eigenvalue weighted by Crippen LogP contribution is -2.21. The summed E-state index contributed by atoms with van der Waals surface area (Å²) in [6, 6.07) is 6.77. The molecule has 0 bridgehead atoms. The first-order chi connectivity index (χ1) is 8.97. The molecule has 0 unspecified atom stereocenters. The number of aromatic carboxylic acids is 1. The predicted octanol–water partition coefficient (Wildman–Crippen LogP) is 2.04. The molecule has 98 valence electrons. The fourth-order valence-electron chi connectivity index (χ4n) is 1.79. The van der Waals surface area contributed by atoms with E-state index in [0.29, 0.717) is 0 Å². The third kappa shape index (κ3) is 2.88. The molecule has 0 saturated heterocycles. The molecule has 1 aromatic carbocycles. The molecular weight excluding hydrogens is 249 g/mol. The number of pyridine rings is 1. The van der Waals surface area contributed by atoms with E-state index < -0.39 is 11.5 Å². The second kappa shape index (κ2) is 5.06. The van der Waals surface area contributed by atoms with Crippen molar-refractivity contribution in [2.45, 2.75) is 13.5 Å². The van der Waals surface area contributed by atoms with Crippen LogP contribution in [0.15, 0.2) is 41.3 Å². The highest BCUT2D eigenvalue weighted by atomic mass is 19.1. The smallest absolute Gasteiger partial charge is 0.335 e. The van der Waals surface area contributed by atoms with E-state index in [1.54, 1.807) is 13.0 Å². The van der Waals surface area contributed by atoms with Crippen molar-refractivity contribution in [1.29, 1.82) is 0 Å². The fourth-order valence-corrected chi connectivity index (χ4v) is 1.79. The average molecular weight is 261 g/mol. The average Bonchev–Trinajstić information content (AvgIpc) is 2.34. The van der Waals surface area contributed by atoms with E-state index in [1.165, 1.54) is 29.0 Å². The van der Waals surface area contributed by atoms with Crippen molar-refractivity contribution in [2.24, 2.45) is 0 Å². The first kappa shape index (κ1) is 13.0. The summed E-state index contributed by atoms with van der Waals surface area (Å²) in [6.45, 7) is 2.04. The second-order valence-electron chi connectivity index (χ2n) is 4.26. The van der Waals surface area contributed by atoms with Crippen LogP contribution in [0.1, 0.15) is 21.5 Å². The summed E-state index contributed by atoms with van der Waals surface area (Å²) in [4.78, 5) is 22.5. The highest BCUT2D eigenvalue weighted by Crippen LogP contribution is 2.11. The summed E-state index contributed by atoms with van der Waals surface area (Å²) >= 11 is 0. The van der Waals surface area contributed by atoms with E-state index in [1.807, 2.05) is 0 Å². The molecule has 1 heterocycles. The normalized spacial score (nSPS) is 10.4. The van der Waals surface area contributed by atoms with Crippen LogP contribution in [-0.4, -0.2) is 15.6 Å². The minimum absolute atomic E-state index is 0.0444. The lowest BCUT2D eigenvalue weighted by atomic mass is 10.1. The molecule has 0 saturated carbocycles. The SMILES string of the molecule is Cc1cc(F)ccc1Cn1ccc(C(=O)O)cc1=O. The van der Waals surface area contributed by atoms with E-state index in [-0.39, 0.29) is 17.9 Å². The van der Waals surface area contributed by atoms with Gasteiger partial charge in [-0.25, -0.2) is 9.18 Å². The quantitative estimate of drug-likeness (QED) is 0.919. The number of benzene rings is 1. The van der Waals surface area contributed by atoms with Crippen LogP contribution in [0.3, 0.4) is 0 Å². The number of hydrogen-bond donors (Lipinski definition) is 1. The molecule has 1 aromatic heterocycles. The number of nitrogens with zero attached hydrogens (tertiary/aromatic N) is 1. The standard InChI is InChI=1S/C14H12FNO3/c1-9-6-12(15)3-2-11(9)8-16-5-4-10(14(18)19)7-13(16)17/h2-7H,8H2,1H3,(H,18,19). The number of aromatic nitrogens is 1. The summed E-state index contributed by atoms with van der Waals surface area (Å²) in [5, 5.41) is 8.77. The minimum atomic E-state index is -1.14. The summed E-state index contributed by atoms with van der Waals surface area (Å²) in [5.74, 6) is -1.46. The van der Waals surface area contributed by atoms with Crippen molar-refractivity contribution < 1.29 is 14.3 Å². The van der Waals surface area contributed by atoms with Gasteiger partial charge in [0.05, 0.1) is 12.1 Å². The molecule has 0 amide bonds. The summed E-state index contributed by atoms with van der Waals surface area (Å²) < 4.78 is 14.4. The molecule has 19 heavy (non-hydrogen) atoms. The maximum atomic E-state index is 13.0. The first-order valence-corrected chi connectivity index (χ1v) is 5.66. The van der Waals surface area contributed by atoms with Gasteiger partial charge in [-0.2, -0.15) is 0 Å². The third-order valence-corrected chi connectivity index (χ3v) is 2.89. The number of rotatable bonds is 3. The van der Waals surface area contributed by atoms with E-state index >= 15 is 0 Å². The highest BCUT2D eigenvalue weighted by molar-refractivity contribution is 5.87. The fraction of sp³-hybridized carbons (Fsp3) is 0.143. The Morgan fingerprint density at radius 3 is 2.63 bits per heavy atom. The lowest BCUT2D eigenvalue weighted by molar-refractivity contribution is 0.0696. The number of carboxylic acid groups (broad SMARTS) is 1. The van der Waals surface area contributed by atoms with Gasteiger partial charge in [-0.3, -0.25) is 4.79 Å².